The van der Waals surface area contributed by atoms with E-state index in [1.807, 2.05) is 12.1 Å². The number of halogens is 1. The summed E-state index contributed by atoms with van der Waals surface area (Å²) in [5.41, 5.74) is 3.84. The molecule has 18 heavy (non-hydrogen) atoms. The van der Waals surface area contributed by atoms with Crippen molar-refractivity contribution in [1.29, 1.82) is 0 Å². The zero-order valence-corrected chi connectivity index (χ0v) is 11.6. The quantitative estimate of drug-likeness (QED) is 0.771. The van der Waals surface area contributed by atoms with E-state index in [1.54, 1.807) is 0 Å². The van der Waals surface area contributed by atoms with Gasteiger partial charge in [0.1, 0.15) is 0 Å². The molecule has 2 rings (SSSR count). The van der Waals surface area contributed by atoms with Crippen LogP contribution in [0.1, 0.15) is 18.1 Å². The summed E-state index contributed by atoms with van der Waals surface area (Å²) in [7, 11) is 0. The van der Waals surface area contributed by atoms with Gasteiger partial charge in [-0.2, -0.15) is 0 Å². The van der Waals surface area contributed by atoms with Crippen molar-refractivity contribution < 1.29 is 0 Å². The Labute approximate surface area is 114 Å². The smallest absolute Gasteiger partial charge is 0.0429 e. The van der Waals surface area contributed by atoms with Crippen LogP contribution in [-0.4, -0.2) is 6.54 Å². The van der Waals surface area contributed by atoms with E-state index in [4.69, 9.17) is 11.6 Å². The highest BCUT2D eigenvalue weighted by Gasteiger charge is 2.05. The predicted molar refractivity (Wildman–Crippen MR) is 79.4 cm³/mol. The standard InChI is InChI=1S/C16H18ClN/c1-3-18(16-6-4-5-13(2)11-16)12-14-7-9-15(17)10-8-14/h4-11H,3,12H2,1-2H3. The highest BCUT2D eigenvalue weighted by Crippen LogP contribution is 2.19. The first-order valence-corrected chi connectivity index (χ1v) is 6.63. The van der Waals surface area contributed by atoms with E-state index in [9.17, 15) is 0 Å². The normalized spacial score (nSPS) is 10.4. The summed E-state index contributed by atoms with van der Waals surface area (Å²) in [6.45, 7) is 6.21. The molecule has 0 spiro atoms. The maximum absolute atomic E-state index is 5.91. The highest BCUT2D eigenvalue weighted by atomic mass is 35.5. The van der Waals surface area contributed by atoms with E-state index < -0.39 is 0 Å². The van der Waals surface area contributed by atoms with Crippen LogP contribution in [0.4, 0.5) is 5.69 Å². The molecule has 1 nitrogen and oxygen atoms in total. The molecule has 0 bridgehead atoms. The molecule has 0 saturated carbocycles. The van der Waals surface area contributed by atoms with Crippen molar-refractivity contribution in [3.05, 3.63) is 64.7 Å². The lowest BCUT2D eigenvalue weighted by Crippen LogP contribution is -2.21. The highest BCUT2D eigenvalue weighted by molar-refractivity contribution is 6.30. The Morgan fingerprint density at radius 2 is 1.78 bits per heavy atom. The molecule has 2 aromatic rings. The van der Waals surface area contributed by atoms with Gasteiger partial charge in [-0.3, -0.25) is 0 Å². The van der Waals surface area contributed by atoms with Gasteiger partial charge in [-0.1, -0.05) is 35.9 Å². The lowest BCUT2D eigenvalue weighted by molar-refractivity contribution is 0.831. The van der Waals surface area contributed by atoms with Crippen molar-refractivity contribution in [2.45, 2.75) is 20.4 Å². The summed E-state index contributed by atoms with van der Waals surface area (Å²) in [6.07, 6.45) is 0. The Morgan fingerprint density at radius 3 is 2.39 bits per heavy atom. The number of hydrogen-bond acceptors (Lipinski definition) is 1. The van der Waals surface area contributed by atoms with Crippen LogP contribution in [0.5, 0.6) is 0 Å². The number of hydrogen-bond donors (Lipinski definition) is 0. The van der Waals surface area contributed by atoms with Crippen LogP contribution < -0.4 is 4.90 Å². The summed E-state index contributed by atoms with van der Waals surface area (Å²) in [4.78, 5) is 2.36. The van der Waals surface area contributed by atoms with E-state index in [-0.39, 0.29) is 0 Å². The minimum absolute atomic E-state index is 0.789. The second-order valence-electron chi connectivity index (χ2n) is 4.48. The molecule has 2 aromatic carbocycles. The fourth-order valence-electron chi connectivity index (χ4n) is 2.02. The number of rotatable bonds is 4. The van der Waals surface area contributed by atoms with Gasteiger partial charge in [-0.15, -0.1) is 0 Å². The fourth-order valence-corrected chi connectivity index (χ4v) is 2.15. The third-order valence-electron chi connectivity index (χ3n) is 3.04. The van der Waals surface area contributed by atoms with Crippen molar-refractivity contribution in [2.24, 2.45) is 0 Å². The first-order valence-electron chi connectivity index (χ1n) is 6.25. The monoisotopic (exact) mass is 259 g/mol. The van der Waals surface area contributed by atoms with Crippen molar-refractivity contribution in [2.75, 3.05) is 11.4 Å². The summed E-state index contributed by atoms with van der Waals surface area (Å²) in [5.74, 6) is 0. The van der Waals surface area contributed by atoms with Crippen molar-refractivity contribution in [3.63, 3.8) is 0 Å². The summed E-state index contributed by atoms with van der Waals surface area (Å²) < 4.78 is 0. The van der Waals surface area contributed by atoms with E-state index >= 15 is 0 Å². The van der Waals surface area contributed by atoms with E-state index in [0.717, 1.165) is 18.1 Å². The molecular formula is C16H18ClN. The molecule has 0 fully saturated rings. The molecule has 0 aliphatic rings. The maximum atomic E-state index is 5.91. The lowest BCUT2D eigenvalue weighted by Gasteiger charge is -2.23. The van der Waals surface area contributed by atoms with Gasteiger partial charge in [-0.25, -0.2) is 0 Å². The summed E-state index contributed by atoms with van der Waals surface area (Å²) in [6, 6.07) is 16.7. The average molecular weight is 260 g/mol. The topological polar surface area (TPSA) is 3.24 Å². The average Bonchev–Trinajstić information content (AvgIpc) is 2.38. The molecule has 0 amide bonds. The van der Waals surface area contributed by atoms with Crippen LogP contribution in [0.15, 0.2) is 48.5 Å². The Bertz CT molecular complexity index is 505. The largest absolute Gasteiger partial charge is 0.367 e. The predicted octanol–water partition coefficient (Wildman–Crippen LogP) is 4.67. The molecule has 0 unspecified atom stereocenters. The van der Waals surface area contributed by atoms with Gasteiger partial charge in [0, 0.05) is 23.8 Å². The van der Waals surface area contributed by atoms with Crippen LogP contribution in [0.2, 0.25) is 5.02 Å². The molecule has 0 aliphatic carbocycles. The molecule has 0 aliphatic heterocycles. The van der Waals surface area contributed by atoms with Gasteiger partial charge in [-0.05, 0) is 49.2 Å². The van der Waals surface area contributed by atoms with Gasteiger partial charge < -0.3 is 4.90 Å². The Hall–Kier alpha value is -1.47. The molecule has 94 valence electrons. The third kappa shape index (κ3) is 3.27. The van der Waals surface area contributed by atoms with Crippen molar-refractivity contribution >= 4 is 17.3 Å². The SMILES string of the molecule is CCN(Cc1ccc(Cl)cc1)c1cccc(C)c1. The molecule has 0 heterocycles. The van der Waals surface area contributed by atoms with Gasteiger partial charge in [0.05, 0.1) is 0 Å². The molecular weight excluding hydrogens is 242 g/mol. The van der Waals surface area contributed by atoms with Crippen LogP contribution in [-0.2, 0) is 6.54 Å². The van der Waals surface area contributed by atoms with Crippen LogP contribution in [0.3, 0.4) is 0 Å². The number of benzene rings is 2. The minimum Gasteiger partial charge on any atom is -0.367 e. The second kappa shape index (κ2) is 5.92. The number of nitrogens with zero attached hydrogens (tertiary/aromatic N) is 1. The van der Waals surface area contributed by atoms with E-state index in [1.165, 1.54) is 16.8 Å². The van der Waals surface area contributed by atoms with Gasteiger partial charge >= 0.3 is 0 Å². The second-order valence-corrected chi connectivity index (χ2v) is 4.92. The van der Waals surface area contributed by atoms with E-state index in [2.05, 4.69) is 55.1 Å². The zero-order chi connectivity index (χ0) is 13.0. The first kappa shape index (κ1) is 13.0. The molecule has 0 radical (unpaired) electrons. The maximum Gasteiger partial charge on any atom is 0.0429 e. The summed E-state index contributed by atoms with van der Waals surface area (Å²) >= 11 is 5.91. The fraction of sp³-hybridized carbons (Fsp3) is 0.250. The van der Waals surface area contributed by atoms with Crippen LogP contribution >= 0.6 is 11.6 Å². The Morgan fingerprint density at radius 1 is 1.06 bits per heavy atom. The number of anilines is 1. The molecule has 0 atom stereocenters. The molecule has 0 saturated heterocycles. The first-order chi connectivity index (χ1) is 8.69. The van der Waals surface area contributed by atoms with Crippen molar-refractivity contribution in [1.82, 2.24) is 0 Å². The van der Waals surface area contributed by atoms with Gasteiger partial charge in [0.25, 0.3) is 0 Å². The van der Waals surface area contributed by atoms with Crippen molar-refractivity contribution in [3.8, 4) is 0 Å². The summed E-state index contributed by atoms with van der Waals surface area (Å²) in [5, 5.41) is 0.789. The Balaban J connectivity index is 2.17. The lowest BCUT2D eigenvalue weighted by atomic mass is 10.1. The zero-order valence-electron chi connectivity index (χ0n) is 10.9. The van der Waals surface area contributed by atoms with E-state index in [0.29, 0.717) is 0 Å². The van der Waals surface area contributed by atoms with Gasteiger partial charge in [0.2, 0.25) is 0 Å². The molecule has 0 aromatic heterocycles. The molecule has 0 N–H and O–H groups in total. The minimum atomic E-state index is 0.789. The van der Waals surface area contributed by atoms with Crippen LogP contribution in [0.25, 0.3) is 0 Å². The Kier molecular flexibility index (Phi) is 4.27. The number of aryl methyl sites for hydroxylation is 1. The van der Waals surface area contributed by atoms with Gasteiger partial charge in [0.15, 0.2) is 0 Å². The van der Waals surface area contributed by atoms with Crippen LogP contribution in [0, 0.1) is 6.92 Å². The third-order valence-corrected chi connectivity index (χ3v) is 3.29. The molecule has 2 heteroatoms.